The second-order valence-electron chi connectivity index (χ2n) is 12.5. The maximum Gasteiger partial charge on any atom is 0.119 e. The van der Waals surface area contributed by atoms with Crippen molar-refractivity contribution in [2.24, 2.45) is 0 Å². The van der Waals surface area contributed by atoms with E-state index in [-0.39, 0.29) is 0 Å². The fraction of sp³-hybridized carbons (Fsp3) is 0.0870. The molecule has 0 N–H and O–H groups in total. The summed E-state index contributed by atoms with van der Waals surface area (Å²) in [6.45, 7) is 0. The van der Waals surface area contributed by atoms with Crippen LogP contribution in [-0.4, -0.2) is 28.4 Å². The summed E-state index contributed by atoms with van der Waals surface area (Å²) in [7, 11) is 6.77. The standard InChI is InChI=1S/C46H38N2O4/c1-49-37-21-13-33(14-22-37)47(34-15-23-38(50-2)24-16-34)45-41-11-7-5-9-31(41)30-44-43(45)29-32-10-6-8-12-42(32)46(44)48(35-17-25-39(51-3)26-18-35)36-19-27-40(52-4)28-20-36/h5-30H,1-4H3. The minimum absolute atomic E-state index is 0.795. The van der Waals surface area contributed by atoms with Crippen molar-refractivity contribution in [1.29, 1.82) is 0 Å². The predicted octanol–water partition coefficient (Wildman–Crippen LogP) is 12.1. The highest BCUT2D eigenvalue weighted by Gasteiger charge is 2.25. The molecule has 0 amide bonds. The van der Waals surface area contributed by atoms with E-state index in [0.717, 1.165) is 89.4 Å². The molecule has 0 bridgehead atoms. The van der Waals surface area contributed by atoms with Crippen molar-refractivity contribution in [3.8, 4) is 23.0 Å². The summed E-state index contributed by atoms with van der Waals surface area (Å²) in [6, 6.07) is 54.9. The molecule has 8 rings (SSSR count). The van der Waals surface area contributed by atoms with E-state index < -0.39 is 0 Å². The Balaban J connectivity index is 1.51. The van der Waals surface area contributed by atoms with E-state index in [0.29, 0.717) is 0 Å². The van der Waals surface area contributed by atoms with Gasteiger partial charge in [-0.3, -0.25) is 0 Å². The van der Waals surface area contributed by atoms with Gasteiger partial charge in [-0.15, -0.1) is 0 Å². The Labute approximate surface area is 303 Å². The summed E-state index contributed by atoms with van der Waals surface area (Å²) in [5.41, 5.74) is 6.14. The molecule has 8 aromatic carbocycles. The molecule has 0 unspecified atom stereocenters. The number of nitrogens with zero attached hydrogens (tertiary/aromatic N) is 2. The average Bonchev–Trinajstić information content (AvgIpc) is 3.21. The van der Waals surface area contributed by atoms with Gasteiger partial charge in [-0.1, -0.05) is 48.5 Å². The highest BCUT2D eigenvalue weighted by molar-refractivity contribution is 6.23. The normalized spacial score (nSPS) is 11.1. The number of fused-ring (bicyclic) bond motifs is 3. The molecule has 256 valence electrons. The number of anilines is 6. The van der Waals surface area contributed by atoms with Crippen molar-refractivity contribution in [3.05, 3.63) is 158 Å². The van der Waals surface area contributed by atoms with Gasteiger partial charge >= 0.3 is 0 Å². The molecule has 0 aliphatic heterocycles. The Morgan fingerprint density at radius 2 is 0.577 bits per heavy atom. The monoisotopic (exact) mass is 682 g/mol. The Kier molecular flexibility index (Phi) is 8.71. The maximum atomic E-state index is 5.58. The minimum Gasteiger partial charge on any atom is -0.497 e. The lowest BCUT2D eigenvalue weighted by Crippen LogP contribution is -2.13. The highest BCUT2D eigenvalue weighted by atomic mass is 16.5. The molecule has 0 heterocycles. The molecule has 0 aliphatic carbocycles. The third-order valence-electron chi connectivity index (χ3n) is 9.60. The molecule has 0 aromatic heterocycles. The molecule has 6 heteroatoms. The Morgan fingerprint density at radius 1 is 0.308 bits per heavy atom. The number of ether oxygens (including phenoxy) is 4. The molecule has 0 spiro atoms. The van der Waals surface area contributed by atoms with Crippen LogP contribution in [0.1, 0.15) is 0 Å². The number of rotatable bonds is 10. The fourth-order valence-corrected chi connectivity index (χ4v) is 7.05. The zero-order valence-corrected chi connectivity index (χ0v) is 29.5. The summed E-state index contributed by atoms with van der Waals surface area (Å²) in [5.74, 6) is 3.18. The molecule has 0 saturated carbocycles. The van der Waals surface area contributed by atoms with E-state index in [9.17, 15) is 0 Å². The van der Waals surface area contributed by atoms with Gasteiger partial charge < -0.3 is 28.7 Å². The summed E-state index contributed by atoms with van der Waals surface area (Å²) in [6.07, 6.45) is 0. The van der Waals surface area contributed by atoms with Crippen LogP contribution in [0.25, 0.3) is 32.3 Å². The van der Waals surface area contributed by atoms with Gasteiger partial charge in [0, 0.05) is 44.3 Å². The number of hydrogen-bond donors (Lipinski definition) is 0. The predicted molar refractivity (Wildman–Crippen MR) is 215 cm³/mol. The lowest BCUT2D eigenvalue weighted by molar-refractivity contribution is 0.414. The van der Waals surface area contributed by atoms with Crippen molar-refractivity contribution >= 4 is 66.4 Å². The fourth-order valence-electron chi connectivity index (χ4n) is 7.05. The van der Waals surface area contributed by atoms with E-state index in [1.54, 1.807) is 28.4 Å². The van der Waals surface area contributed by atoms with Crippen LogP contribution < -0.4 is 28.7 Å². The van der Waals surface area contributed by atoms with Crippen LogP contribution in [0.4, 0.5) is 34.1 Å². The number of hydrogen-bond acceptors (Lipinski definition) is 6. The van der Waals surface area contributed by atoms with Crippen molar-refractivity contribution in [3.63, 3.8) is 0 Å². The molecule has 6 nitrogen and oxygen atoms in total. The molecule has 0 fully saturated rings. The third-order valence-corrected chi connectivity index (χ3v) is 9.60. The molecule has 52 heavy (non-hydrogen) atoms. The number of methoxy groups -OCH3 is 4. The zero-order valence-electron chi connectivity index (χ0n) is 29.5. The van der Waals surface area contributed by atoms with Crippen molar-refractivity contribution in [2.45, 2.75) is 0 Å². The number of benzene rings is 8. The van der Waals surface area contributed by atoms with Crippen LogP contribution in [0.5, 0.6) is 23.0 Å². The SMILES string of the molecule is COc1ccc(N(c2ccc(OC)cc2)c2c3ccccc3cc3c(N(c4ccc(OC)cc4)c4ccc(OC)cc4)c4ccccc4cc23)cc1. The summed E-state index contributed by atoms with van der Waals surface area (Å²) < 4.78 is 22.3. The molecule has 0 radical (unpaired) electrons. The van der Waals surface area contributed by atoms with E-state index in [1.807, 2.05) is 48.5 Å². The van der Waals surface area contributed by atoms with Gasteiger partial charge in [-0.05, 0) is 120 Å². The minimum atomic E-state index is 0.795. The smallest absolute Gasteiger partial charge is 0.119 e. The van der Waals surface area contributed by atoms with Gasteiger partial charge in [0.25, 0.3) is 0 Å². The van der Waals surface area contributed by atoms with Crippen molar-refractivity contribution < 1.29 is 18.9 Å². The largest absolute Gasteiger partial charge is 0.497 e. The van der Waals surface area contributed by atoms with Crippen molar-refractivity contribution in [2.75, 3.05) is 38.2 Å². The summed E-state index contributed by atoms with van der Waals surface area (Å²) in [5, 5.41) is 6.71. The van der Waals surface area contributed by atoms with Gasteiger partial charge in [-0.2, -0.15) is 0 Å². The quantitative estimate of drug-likeness (QED) is 0.134. The molecular formula is C46H38N2O4. The first kappa shape index (κ1) is 32.5. The first-order valence-electron chi connectivity index (χ1n) is 17.1. The second kappa shape index (κ2) is 13.9. The maximum absolute atomic E-state index is 5.58. The highest BCUT2D eigenvalue weighted by Crippen LogP contribution is 2.51. The first-order valence-corrected chi connectivity index (χ1v) is 17.1. The van der Waals surface area contributed by atoms with Gasteiger partial charge in [0.05, 0.1) is 39.8 Å². The van der Waals surface area contributed by atoms with Gasteiger partial charge in [0.15, 0.2) is 0 Å². The Morgan fingerprint density at radius 3 is 0.846 bits per heavy atom. The summed E-state index contributed by atoms with van der Waals surface area (Å²) >= 11 is 0. The first-order chi connectivity index (χ1) is 25.6. The second-order valence-corrected chi connectivity index (χ2v) is 12.5. The molecule has 0 aliphatic rings. The molecule has 0 saturated heterocycles. The van der Waals surface area contributed by atoms with Gasteiger partial charge in [0.1, 0.15) is 23.0 Å². The van der Waals surface area contributed by atoms with Crippen LogP contribution in [0.2, 0.25) is 0 Å². The molecule has 0 atom stereocenters. The van der Waals surface area contributed by atoms with Crippen LogP contribution >= 0.6 is 0 Å². The van der Waals surface area contributed by atoms with Crippen LogP contribution in [-0.2, 0) is 0 Å². The topological polar surface area (TPSA) is 43.4 Å². The van der Waals surface area contributed by atoms with Crippen molar-refractivity contribution in [1.82, 2.24) is 0 Å². The Bertz CT molecular complexity index is 2220. The zero-order chi connectivity index (χ0) is 35.6. The summed E-state index contributed by atoms with van der Waals surface area (Å²) in [4.78, 5) is 4.68. The lowest BCUT2D eigenvalue weighted by Gasteiger charge is -2.32. The van der Waals surface area contributed by atoms with E-state index in [1.165, 1.54) is 0 Å². The average molecular weight is 683 g/mol. The third kappa shape index (κ3) is 5.84. The van der Waals surface area contributed by atoms with Crippen LogP contribution in [0, 0.1) is 0 Å². The van der Waals surface area contributed by atoms with Gasteiger partial charge in [0.2, 0.25) is 0 Å². The van der Waals surface area contributed by atoms with Crippen LogP contribution in [0.15, 0.2) is 158 Å². The van der Waals surface area contributed by atoms with Gasteiger partial charge in [-0.25, -0.2) is 0 Å². The molecular weight excluding hydrogens is 645 g/mol. The van der Waals surface area contributed by atoms with E-state index in [4.69, 9.17) is 18.9 Å². The van der Waals surface area contributed by atoms with E-state index >= 15 is 0 Å². The van der Waals surface area contributed by atoms with Crippen LogP contribution in [0.3, 0.4) is 0 Å². The van der Waals surface area contributed by atoms with E-state index in [2.05, 4.69) is 119 Å². The Hall–Kier alpha value is -6.66. The molecule has 8 aromatic rings. The lowest BCUT2D eigenvalue weighted by atomic mass is 9.93.